The van der Waals surface area contributed by atoms with E-state index in [9.17, 15) is 9.59 Å². The van der Waals surface area contributed by atoms with Gasteiger partial charge in [-0.3, -0.25) is 4.79 Å². The zero-order valence-corrected chi connectivity index (χ0v) is 12.0. The van der Waals surface area contributed by atoms with Crippen LogP contribution in [0.25, 0.3) is 11.1 Å². The predicted octanol–water partition coefficient (Wildman–Crippen LogP) is 2.95. The molecule has 0 aromatic heterocycles. The van der Waals surface area contributed by atoms with E-state index in [0.29, 0.717) is 5.56 Å². The number of carbonyl (C=O) groups excluding carboxylic acids is 1. The molecule has 0 aliphatic rings. The Hall–Kier alpha value is -2.62. The molecule has 0 heterocycles. The Morgan fingerprint density at radius 3 is 1.95 bits per heavy atom. The van der Waals surface area contributed by atoms with Gasteiger partial charge in [0.1, 0.15) is 5.54 Å². The number of carboxylic acids is 1. The monoisotopic (exact) mass is 283 g/mol. The van der Waals surface area contributed by atoms with E-state index in [4.69, 9.17) is 5.11 Å². The Labute approximate surface area is 123 Å². The first-order valence-electron chi connectivity index (χ1n) is 6.61. The van der Waals surface area contributed by atoms with Gasteiger partial charge in [-0.2, -0.15) is 0 Å². The quantitative estimate of drug-likeness (QED) is 0.906. The number of rotatable bonds is 4. The standard InChI is InChI=1S/C17H17NO3/c1-17(2,16(20)21)18-15(19)14-10-8-13(9-11-14)12-6-4-3-5-7-12/h3-11H,1-2H3,(H,18,19)(H,20,21). The number of hydrogen-bond acceptors (Lipinski definition) is 2. The summed E-state index contributed by atoms with van der Waals surface area (Å²) >= 11 is 0. The van der Waals surface area contributed by atoms with Crippen LogP contribution in [0.4, 0.5) is 0 Å². The molecule has 4 heteroatoms. The summed E-state index contributed by atoms with van der Waals surface area (Å²) in [7, 11) is 0. The Balaban J connectivity index is 2.16. The van der Waals surface area contributed by atoms with Crippen molar-refractivity contribution in [2.45, 2.75) is 19.4 Å². The molecule has 2 aromatic carbocycles. The minimum Gasteiger partial charge on any atom is -0.480 e. The lowest BCUT2D eigenvalue weighted by Gasteiger charge is -2.21. The maximum atomic E-state index is 12.0. The van der Waals surface area contributed by atoms with E-state index < -0.39 is 17.4 Å². The molecule has 21 heavy (non-hydrogen) atoms. The topological polar surface area (TPSA) is 66.4 Å². The van der Waals surface area contributed by atoms with Gasteiger partial charge in [-0.25, -0.2) is 4.79 Å². The van der Waals surface area contributed by atoms with Crippen molar-refractivity contribution >= 4 is 11.9 Å². The Bertz CT molecular complexity index is 645. The van der Waals surface area contributed by atoms with Crippen LogP contribution in [-0.4, -0.2) is 22.5 Å². The molecule has 0 spiro atoms. The summed E-state index contributed by atoms with van der Waals surface area (Å²) < 4.78 is 0. The number of carboxylic acid groups (broad SMARTS) is 1. The Morgan fingerprint density at radius 1 is 0.905 bits per heavy atom. The maximum absolute atomic E-state index is 12.0. The van der Waals surface area contributed by atoms with Crippen molar-refractivity contribution in [3.8, 4) is 11.1 Å². The van der Waals surface area contributed by atoms with Crippen molar-refractivity contribution in [2.75, 3.05) is 0 Å². The number of carbonyl (C=O) groups is 2. The lowest BCUT2D eigenvalue weighted by atomic mass is 10.0. The van der Waals surface area contributed by atoms with Crippen molar-refractivity contribution < 1.29 is 14.7 Å². The van der Waals surface area contributed by atoms with E-state index in [0.717, 1.165) is 11.1 Å². The zero-order chi connectivity index (χ0) is 15.5. The van der Waals surface area contributed by atoms with Crippen LogP contribution in [0.3, 0.4) is 0 Å². The molecule has 0 aliphatic carbocycles. The third kappa shape index (κ3) is 3.48. The fourth-order valence-electron chi connectivity index (χ4n) is 1.85. The molecular formula is C17H17NO3. The van der Waals surface area contributed by atoms with E-state index in [1.165, 1.54) is 13.8 Å². The second-order valence-electron chi connectivity index (χ2n) is 5.33. The molecule has 2 rings (SSSR count). The van der Waals surface area contributed by atoms with E-state index in [-0.39, 0.29) is 0 Å². The first-order valence-corrected chi connectivity index (χ1v) is 6.61. The van der Waals surface area contributed by atoms with Gasteiger partial charge in [0.15, 0.2) is 0 Å². The summed E-state index contributed by atoms with van der Waals surface area (Å²) in [5, 5.41) is 11.5. The van der Waals surface area contributed by atoms with E-state index >= 15 is 0 Å². The van der Waals surface area contributed by atoms with Crippen LogP contribution >= 0.6 is 0 Å². The second-order valence-corrected chi connectivity index (χ2v) is 5.33. The van der Waals surface area contributed by atoms with Crippen LogP contribution in [-0.2, 0) is 4.79 Å². The second kappa shape index (κ2) is 5.79. The average molecular weight is 283 g/mol. The van der Waals surface area contributed by atoms with Crippen LogP contribution in [0.2, 0.25) is 0 Å². The molecule has 0 aliphatic heterocycles. The Kier molecular flexibility index (Phi) is 4.08. The highest BCUT2D eigenvalue weighted by atomic mass is 16.4. The molecule has 0 bridgehead atoms. The molecule has 0 unspecified atom stereocenters. The highest BCUT2D eigenvalue weighted by Gasteiger charge is 2.29. The minimum absolute atomic E-state index is 0.401. The number of amides is 1. The van der Waals surface area contributed by atoms with Crippen LogP contribution in [0.5, 0.6) is 0 Å². The van der Waals surface area contributed by atoms with Gasteiger partial charge in [0.25, 0.3) is 5.91 Å². The van der Waals surface area contributed by atoms with Gasteiger partial charge in [-0.1, -0.05) is 42.5 Å². The molecule has 108 valence electrons. The fraction of sp³-hybridized carbons (Fsp3) is 0.176. The lowest BCUT2D eigenvalue weighted by molar-refractivity contribution is -0.143. The zero-order valence-electron chi connectivity index (χ0n) is 12.0. The molecule has 2 N–H and O–H groups in total. The smallest absolute Gasteiger partial charge is 0.328 e. The molecule has 0 atom stereocenters. The summed E-state index contributed by atoms with van der Waals surface area (Å²) in [6, 6.07) is 16.9. The number of benzene rings is 2. The predicted molar refractivity (Wildman–Crippen MR) is 81.1 cm³/mol. The van der Waals surface area contributed by atoms with Crippen molar-refractivity contribution in [3.05, 3.63) is 60.2 Å². The summed E-state index contributed by atoms with van der Waals surface area (Å²) in [6.07, 6.45) is 0. The van der Waals surface area contributed by atoms with Gasteiger partial charge in [-0.15, -0.1) is 0 Å². The Morgan fingerprint density at radius 2 is 1.43 bits per heavy atom. The van der Waals surface area contributed by atoms with Crippen molar-refractivity contribution in [2.24, 2.45) is 0 Å². The summed E-state index contributed by atoms with van der Waals surface area (Å²) in [5.41, 5.74) is 1.21. The lowest BCUT2D eigenvalue weighted by Crippen LogP contribution is -2.49. The first-order chi connectivity index (χ1) is 9.90. The van der Waals surface area contributed by atoms with Crippen LogP contribution in [0.1, 0.15) is 24.2 Å². The van der Waals surface area contributed by atoms with Gasteiger partial charge < -0.3 is 10.4 Å². The summed E-state index contributed by atoms with van der Waals surface area (Å²) in [6.45, 7) is 2.90. The van der Waals surface area contributed by atoms with Crippen molar-refractivity contribution in [1.82, 2.24) is 5.32 Å². The largest absolute Gasteiger partial charge is 0.480 e. The normalized spacial score (nSPS) is 11.0. The van der Waals surface area contributed by atoms with Crippen molar-refractivity contribution in [1.29, 1.82) is 0 Å². The van der Waals surface area contributed by atoms with E-state index in [1.807, 2.05) is 42.5 Å². The van der Waals surface area contributed by atoms with Gasteiger partial charge in [-0.05, 0) is 37.1 Å². The van der Waals surface area contributed by atoms with Crippen LogP contribution in [0.15, 0.2) is 54.6 Å². The molecular weight excluding hydrogens is 266 g/mol. The maximum Gasteiger partial charge on any atom is 0.328 e. The third-order valence-corrected chi connectivity index (χ3v) is 3.21. The average Bonchev–Trinajstić information content (AvgIpc) is 2.48. The molecule has 0 saturated carbocycles. The minimum atomic E-state index is -1.30. The number of nitrogens with one attached hydrogen (secondary N) is 1. The molecule has 0 fully saturated rings. The first kappa shape index (κ1) is 14.8. The van der Waals surface area contributed by atoms with E-state index in [1.54, 1.807) is 12.1 Å². The highest BCUT2D eigenvalue weighted by molar-refractivity contribution is 5.97. The molecule has 0 saturated heterocycles. The number of hydrogen-bond donors (Lipinski definition) is 2. The van der Waals surface area contributed by atoms with E-state index in [2.05, 4.69) is 5.32 Å². The highest BCUT2D eigenvalue weighted by Crippen LogP contribution is 2.19. The van der Waals surface area contributed by atoms with Gasteiger partial charge in [0.2, 0.25) is 0 Å². The summed E-state index contributed by atoms with van der Waals surface area (Å²) in [4.78, 5) is 23.1. The molecule has 2 aromatic rings. The van der Waals surface area contributed by atoms with Crippen LogP contribution < -0.4 is 5.32 Å². The molecule has 4 nitrogen and oxygen atoms in total. The van der Waals surface area contributed by atoms with Gasteiger partial charge >= 0.3 is 5.97 Å². The number of aliphatic carboxylic acids is 1. The SMILES string of the molecule is CC(C)(NC(=O)c1ccc(-c2ccccc2)cc1)C(=O)O. The fourth-order valence-corrected chi connectivity index (χ4v) is 1.85. The molecule has 1 amide bonds. The summed E-state index contributed by atoms with van der Waals surface area (Å²) in [5.74, 6) is -1.47. The van der Waals surface area contributed by atoms with Gasteiger partial charge in [0.05, 0.1) is 0 Å². The van der Waals surface area contributed by atoms with Crippen molar-refractivity contribution in [3.63, 3.8) is 0 Å². The van der Waals surface area contributed by atoms with Gasteiger partial charge in [0, 0.05) is 5.56 Å². The molecule has 0 radical (unpaired) electrons. The third-order valence-electron chi connectivity index (χ3n) is 3.21. The van der Waals surface area contributed by atoms with Crippen LogP contribution in [0, 0.1) is 0 Å².